The zero-order chi connectivity index (χ0) is 13.8. The fraction of sp³-hybridized carbons (Fsp3) is 0.538. The van der Waals surface area contributed by atoms with Gasteiger partial charge in [0.1, 0.15) is 11.4 Å². The summed E-state index contributed by atoms with van der Waals surface area (Å²) in [4.78, 5) is 10.8. The first-order valence-electron chi connectivity index (χ1n) is 6.62. The second-order valence-electron chi connectivity index (χ2n) is 5.22. The number of nitrogens with two attached hydrogens (primary N) is 1. The number of nitro benzene ring substituents is 1. The van der Waals surface area contributed by atoms with Gasteiger partial charge in [0.25, 0.3) is 0 Å². The first-order chi connectivity index (χ1) is 9.11. The maximum atomic E-state index is 11.2. The SMILES string of the molecule is CC1CCCC(Nc2cccc(NN)c2[N+](=O)[O-])C1. The summed E-state index contributed by atoms with van der Waals surface area (Å²) in [6, 6.07) is 5.40. The number of hydrogen-bond donors (Lipinski definition) is 3. The average molecular weight is 264 g/mol. The molecule has 104 valence electrons. The van der Waals surface area contributed by atoms with Crippen LogP contribution in [0.25, 0.3) is 0 Å². The van der Waals surface area contributed by atoms with Crippen LogP contribution in [0.2, 0.25) is 0 Å². The van der Waals surface area contributed by atoms with Crippen molar-refractivity contribution in [1.29, 1.82) is 0 Å². The van der Waals surface area contributed by atoms with Gasteiger partial charge < -0.3 is 10.7 Å². The van der Waals surface area contributed by atoms with Crippen LogP contribution in [0, 0.1) is 16.0 Å². The van der Waals surface area contributed by atoms with Crippen LogP contribution in [0.15, 0.2) is 18.2 Å². The van der Waals surface area contributed by atoms with Gasteiger partial charge >= 0.3 is 5.69 Å². The topological polar surface area (TPSA) is 93.2 Å². The molecule has 0 heterocycles. The molecule has 1 fully saturated rings. The number of nitrogens with one attached hydrogen (secondary N) is 2. The largest absolute Gasteiger partial charge is 0.377 e. The van der Waals surface area contributed by atoms with Crippen LogP contribution in [0.1, 0.15) is 32.6 Å². The molecule has 0 amide bonds. The third kappa shape index (κ3) is 3.14. The molecule has 2 unspecified atom stereocenters. The molecule has 6 heteroatoms. The maximum absolute atomic E-state index is 11.2. The van der Waals surface area contributed by atoms with E-state index in [1.54, 1.807) is 18.2 Å². The first kappa shape index (κ1) is 13.6. The molecular formula is C13H20N4O2. The van der Waals surface area contributed by atoms with E-state index in [-0.39, 0.29) is 5.69 Å². The van der Waals surface area contributed by atoms with Crippen molar-refractivity contribution in [3.63, 3.8) is 0 Å². The van der Waals surface area contributed by atoms with E-state index in [4.69, 9.17) is 5.84 Å². The van der Waals surface area contributed by atoms with Crippen LogP contribution in [0.4, 0.5) is 17.1 Å². The maximum Gasteiger partial charge on any atom is 0.316 e. The molecular weight excluding hydrogens is 244 g/mol. The molecule has 0 bridgehead atoms. The monoisotopic (exact) mass is 264 g/mol. The smallest absolute Gasteiger partial charge is 0.316 e. The van der Waals surface area contributed by atoms with Crippen LogP contribution in [-0.4, -0.2) is 11.0 Å². The summed E-state index contributed by atoms with van der Waals surface area (Å²) in [6.45, 7) is 2.22. The van der Waals surface area contributed by atoms with Crippen LogP contribution >= 0.6 is 0 Å². The Labute approximate surface area is 112 Å². The highest BCUT2D eigenvalue weighted by Crippen LogP contribution is 2.34. The highest BCUT2D eigenvalue weighted by atomic mass is 16.6. The van der Waals surface area contributed by atoms with Crippen molar-refractivity contribution in [3.8, 4) is 0 Å². The number of nitrogens with zero attached hydrogens (tertiary/aromatic N) is 1. The van der Waals surface area contributed by atoms with Crippen molar-refractivity contribution < 1.29 is 4.92 Å². The number of rotatable bonds is 4. The summed E-state index contributed by atoms with van der Waals surface area (Å²) >= 11 is 0. The molecule has 1 aliphatic carbocycles. The third-order valence-corrected chi connectivity index (χ3v) is 3.67. The summed E-state index contributed by atoms with van der Waals surface area (Å²) in [6.07, 6.45) is 4.52. The minimum Gasteiger partial charge on any atom is -0.377 e. The Morgan fingerprint density at radius 2 is 2.11 bits per heavy atom. The van der Waals surface area contributed by atoms with Crippen LogP contribution < -0.4 is 16.6 Å². The molecule has 0 spiro atoms. The van der Waals surface area contributed by atoms with Crippen molar-refractivity contribution in [3.05, 3.63) is 28.3 Å². The third-order valence-electron chi connectivity index (χ3n) is 3.67. The van der Waals surface area contributed by atoms with Crippen LogP contribution in [0.5, 0.6) is 0 Å². The molecule has 19 heavy (non-hydrogen) atoms. The number of anilines is 2. The van der Waals surface area contributed by atoms with Gasteiger partial charge in [-0.25, -0.2) is 0 Å². The minimum absolute atomic E-state index is 0.0169. The van der Waals surface area contributed by atoms with E-state index in [9.17, 15) is 10.1 Å². The van der Waals surface area contributed by atoms with Crippen molar-refractivity contribution in [2.24, 2.45) is 11.8 Å². The summed E-state index contributed by atoms with van der Waals surface area (Å²) in [5.41, 5.74) is 3.27. The van der Waals surface area contributed by atoms with Gasteiger partial charge in [-0.3, -0.25) is 16.0 Å². The van der Waals surface area contributed by atoms with E-state index in [2.05, 4.69) is 17.7 Å². The predicted molar refractivity (Wildman–Crippen MR) is 75.9 cm³/mol. The number of para-hydroxylation sites is 1. The molecule has 0 aromatic heterocycles. The molecule has 4 N–H and O–H groups in total. The Morgan fingerprint density at radius 3 is 2.74 bits per heavy atom. The molecule has 2 atom stereocenters. The van der Waals surface area contributed by atoms with E-state index >= 15 is 0 Å². The molecule has 0 aliphatic heterocycles. The number of nitro groups is 1. The summed E-state index contributed by atoms with van der Waals surface area (Å²) in [5.74, 6) is 6.00. The molecule has 2 rings (SSSR count). The van der Waals surface area contributed by atoms with Gasteiger partial charge in [0.2, 0.25) is 0 Å². The molecule has 1 aromatic carbocycles. The fourth-order valence-corrected chi connectivity index (χ4v) is 2.76. The second kappa shape index (κ2) is 5.88. The number of hydrazine groups is 1. The van der Waals surface area contributed by atoms with E-state index in [1.807, 2.05) is 0 Å². The van der Waals surface area contributed by atoms with Gasteiger partial charge in [0.15, 0.2) is 0 Å². The minimum atomic E-state index is -0.399. The molecule has 1 aliphatic rings. The van der Waals surface area contributed by atoms with Gasteiger partial charge in [0, 0.05) is 6.04 Å². The van der Waals surface area contributed by atoms with Crippen molar-refractivity contribution >= 4 is 17.1 Å². The summed E-state index contributed by atoms with van der Waals surface area (Å²) in [7, 11) is 0. The number of nitrogen functional groups attached to an aromatic ring is 1. The molecule has 1 aromatic rings. The Morgan fingerprint density at radius 1 is 1.37 bits per heavy atom. The predicted octanol–water partition coefficient (Wildman–Crippen LogP) is 2.87. The van der Waals surface area contributed by atoms with E-state index in [1.165, 1.54) is 12.8 Å². The summed E-state index contributed by atoms with van der Waals surface area (Å²) < 4.78 is 0. The molecule has 1 saturated carbocycles. The van der Waals surface area contributed by atoms with Gasteiger partial charge in [-0.05, 0) is 30.9 Å². The standard InChI is InChI=1S/C13H20N4O2/c1-9-4-2-5-10(8-9)15-11-6-3-7-12(16-14)13(11)17(18)19/h3,6-7,9-10,15-16H,2,4-5,8,14H2,1H3. The van der Waals surface area contributed by atoms with Gasteiger partial charge in [-0.15, -0.1) is 0 Å². The number of benzene rings is 1. The van der Waals surface area contributed by atoms with Crippen molar-refractivity contribution in [1.82, 2.24) is 0 Å². The van der Waals surface area contributed by atoms with Crippen LogP contribution in [-0.2, 0) is 0 Å². The van der Waals surface area contributed by atoms with E-state index in [0.717, 1.165) is 12.8 Å². The first-order valence-corrected chi connectivity index (χ1v) is 6.62. The Hall–Kier alpha value is -1.82. The average Bonchev–Trinajstić information content (AvgIpc) is 2.38. The highest BCUT2D eigenvalue weighted by molar-refractivity contribution is 5.76. The van der Waals surface area contributed by atoms with Gasteiger partial charge in [-0.1, -0.05) is 25.8 Å². The second-order valence-corrected chi connectivity index (χ2v) is 5.22. The summed E-state index contributed by atoms with van der Waals surface area (Å²) in [5, 5.41) is 14.5. The lowest BCUT2D eigenvalue weighted by Crippen LogP contribution is -2.26. The Kier molecular flexibility index (Phi) is 4.21. The zero-order valence-corrected chi connectivity index (χ0v) is 11.1. The van der Waals surface area contributed by atoms with E-state index < -0.39 is 4.92 Å². The molecule has 6 nitrogen and oxygen atoms in total. The quantitative estimate of drug-likeness (QED) is 0.441. The fourth-order valence-electron chi connectivity index (χ4n) is 2.76. The van der Waals surface area contributed by atoms with Gasteiger partial charge in [0.05, 0.1) is 4.92 Å². The Balaban J connectivity index is 2.21. The van der Waals surface area contributed by atoms with Gasteiger partial charge in [-0.2, -0.15) is 0 Å². The molecule has 0 radical (unpaired) electrons. The van der Waals surface area contributed by atoms with Crippen molar-refractivity contribution in [2.75, 3.05) is 10.7 Å². The lowest BCUT2D eigenvalue weighted by Gasteiger charge is -2.28. The Bertz CT molecular complexity index is 464. The van der Waals surface area contributed by atoms with Crippen molar-refractivity contribution in [2.45, 2.75) is 38.6 Å². The lowest BCUT2D eigenvalue weighted by atomic mass is 9.87. The highest BCUT2D eigenvalue weighted by Gasteiger charge is 2.24. The number of hydrogen-bond acceptors (Lipinski definition) is 5. The molecule has 0 saturated heterocycles. The van der Waals surface area contributed by atoms with E-state index in [0.29, 0.717) is 23.3 Å². The normalized spacial score (nSPS) is 22.8. The lowest BCUT2D eigenvalue weighted by molar-refractivity contribution is -0.383. The zero-order valence-electron chi connectivity index (χ0n) is 11.1. The van der Waals surface area contributed by atoms with Crippen LogP contribution in [0.3, 0.4) is 0 Å².